The van der Waals surface area contributed by atoms with Crippen molar-refractivity contribution in [2.75, 3.05) is 13.2 Å². The summed E-state index contributed by atoms with van der Waals surface area (Å²) in [6, 6.07) is 6.48. The standard InChI is InChI=1S/C25H36N6O2/c1-4-23(24-27-28-29-31(24)21-9-6-5-7-10-21)30(11-8-12-32)16-20-15-19-13-17(2)18(3)14-22(19)26-25(20)33/h13-15,21,23,32H,4-12,16H2,1-3H3,(H,26,33)/t23-/m1/s1. The first-order chi connectivity index (χ1) is 16.0. The maximum absolute atomic E-state index is 13.0. The Morgan fingerprint density at radius 3 is 2.67 bits per heavy atom. The van der Waals surface area contributed by atoms with Gasteiger partial charge in [0, 0.05) is 30.8 Å². The van der Waals surface area contributed by atoms with Crippen molar-refractivity contribution in [1.29, 1.82) is 0 Å². The van der Waals surface area contributed by atoms with E-state index in [2.05, 4.69) is 52.2 Å². The Kier molecular flexibility index (Phi) is 7.55. The van der Waals surface area contributed by atoms with Gasteiger partial charge in [-0.2, -0.15) is 0 Å². The van der Waals surface area contributed by atoms with Gasteiger partial charge in [-0.15, -0.1) is 5.10 Å². The second kappa shape index (κ2) is 10.6. The van der Waals surface area contributed by atoms with Crippen molar-refractivity contribution in [2.45, 2.75) is 84.3 Å². The van der Waals surface area contributed by atoms with Crippen molar-refractivity contribution in [1.82, 2.24) is 30.1 Å². The molecule has 33 heavy (non-hydrogen) atoms. The molecule has 3 aromatic rings. The van der Waals surface area contributed by atoms with Crippen LogP contribution in [-0.4, -0.2) is 48.3 Å². The van der Waals surface area contributed by atoms with Crippen molar-refractivity contribution in [2.24, 2.45) is 0 Å². The Balaban J connectivity index is 1.67. The number of aryl methyl sites for hydroxylation is 2. The smallest absolute Gasteiger partial charge is 0.252 e. The molecule has 1 aliphatic rings. The molecular formula is C25H36N6O2. The molecule has 8 nitrogen and oxygen atoms in total. The summed E-state index contributed by atoms with van der Waals surface area (Å²) in [5.41, 5.74) is 3.88. The highest BCUT2D eigenvalue weighted by Gasteiger charge is 2.28. The minimum Gasteiger partial charge on any atom is -0.396 e. The van der Waals surface area contributed by atoms with Crippen LogP contribution in [0.15, 0.2) is 23.0 Å². The Labute approximate surface area is 195 Å². The van der Waals surface area contributed by atoms with Gasteiger partial charge in [0.05, 0.1) is 12.1 Å². The van der Waals surface area contributed by atoms with E-state index in [4.69, 9.17) is 0 Å². The predicted molar refractivity (Wildman–Crippen MR) is 129 cm³/mol. The number of aliphatic hydroxyl groups excluding tert-OH is 1. The number of aromatic nitrogens is 5. The van der Waals surface area contributed by atoms with Crippen molar-refractivity contribution in [3.8, 4) is 0 Å². The third-order valence-electron chi connectivity index (χ3n) is 7.08. The highest BCUT2D eigenvalue weighted by Crippen LogP contribution is 2.32. The molecule has 0 radical (unpaired) electrons. The van der Waals surface area contributed by atoms with E-state index in [0.29, 0.717) is 25.6 Å². The van der Waals surface area contributed by atoms with Gasteiger partial charge in [-0.3, -0.25) is 9.69 Å². The first kappa shape index (κ1) is 23.6. The number of hydrogen-bond donors (Lipinski definition) is 2. The number of benzene rings is 1. The molecule has 0 amide bonds. The number of rotatable bonds is 9. The minimum absolute atomic E-state index is 0.0247. The second-order valence-electron chi connectivity index (χ2n) is 9.39. The number of nitrogens with one attached hydrogen (secondary N) is 1. The monoisotopic (exact) mass is 452 g/mol. The quantitative estimate of drug-likeness (QED) is 0.510. The number of tetrazole rings is 1. The molecule has 8 heteroatoms. The van der Waals surface area contributed by atoms with E-state index in [1.54, 1.807) is 0 Å². The van der Waals surface area contributed by atoms with Crippen LogP contribution in [0.2, 0.25) is 0 Å². The van der Waals surface area contributed by atoms with Crippen LogP contribution in [-0.2, 0) is 6.54 Å². The third kappa shape index (κ3) is 5.17. The lowest BCUT2D eigenvalue weighted by atomic mass is 9.95. The van der Waals surface area contributed by atoms with Gasteiger partial charge >= 0.3 is 0 Å². The summed E-state index contributed by atoms with van der Waals surface area (Å²) in [7, 11) is 0. The van der Waals surface area contributed by atoms with Crippen LogP contribution in [0, 0.1) is 13.8 Å². The first-order valence-corrected chi connectivity index (χ1v) is 12.3. The van der Waals surface area contributed by atoms with Crippen LogP contribution < -0.4 is 5.56 Å². The third-order valence-corrected chi connectivity index (χ3v) is 7.08. The van der Waals surface area contributed by atoms with Crippen LogP contribution in [0.4, 0.5) is 0 Å². The van der Waals surface area contributed by atoms with Crippen LogP contribution in [0.1, 0.15) is 86.5 Å². The SMILES string of the molecule is CC[C@H](c1nnnn1C1CCCCC1)N(CCCO)Cc1cc2cc(C)c(C)cc2[nH]c1=O. The van der Waals surface area contributed by atoms with Crippen molar-refractivity contribution < 1.29 is 5.11 Å². The Bertz CT molecular complexity index is 1130. The molecule has 1 saturated carbocycles. The fourth-order valence-electron chi connectivity index (χ4n) is 5.09. The van der Waals surface area contributed by atoms with Crippen LogP contribution in [0.5, 0.6) is 0 Å². The summed E-state index contributed by atoms with van der Waals surface area (Å²) in [5.74, 6) is 0.867. The number of fused-ring (bicyclic) bond motifs is 1. The molecule has 2 heterocycles. The molecule has 2 N–H and O–H groups in total. The molecule has 1 atom stereocenters. The summed E-state index contributed by atoms with van der Waals surface area (Å²) in [6.07, 6.45) is 7.36. The van der Waals surface area contributed by atoms with Gasteiger partial charge in [-0.25, -0.2) is 4.68 Å². The molecule has 1 fully saturated rings. The van der Waals surface area contributed by atoms with E-state index in [-0.39, 0.29) is 18.2 Å². The van der Waals surface area contributed by atoms with Crippen LogP contribution in [0.3, 0.4) is 0 Å². The predicted octanol–water partition coefficient (Wildman–Crippen LogP) is 3.97. The molecule has 0 spiro atoms. The average molecular weight is 453 g/mol. The van der Waals surface area contributed by atoms with Gasteiger partial charge in [0.1, 0.15) is 0 Å². The highest BCUT2D eigenvalue weighted by atomic mass is 16.3. The normalized spacial score (nSPS) is 16.0. The van der Waals surface area contributed by atoms with Gasteiger partial charge in [-0.1, -0.05) is 26.2 Å². The maximum Gasteiger partial charge on any atom is 0.252 e. The molecule has 2 aromatic heterocycles. The molecule has 0 unspecified atom stereocenters. The van der Waals surface area contributed by atoms with Gasteiger partial charge < -0.3 is 10.1 Å². The zero-order valence-electron chi connectivity index (χ0n) is 20.0. The number of H-pyrrole nitrogens is 1. The topological polar surface area (TPSA) is 99.9 Å². The molecule has 0 saturated heterocycles. The first-order valence-electron chi connectivity index (χ1n) is 12.3. The molecule has 4 rings (SSSR count). The summed E-state index contributed by atoms with van der Waals surface area (Å²) >= 11 is 0. The van der Waals surface area contributed by atoms with E-state index in [1.165, 1.54) is 24.8 Å². The number of aromatic amines is 1. The van der Waals surface area contributed by atoms with Gasteiger partial charge in [0.15, 0.2) is 5.82 Å². The molecule has 0 aliphatic heterocycles. The molecule has 1 aromatic carbocycles. The fourth-order valence-corrected chi connectivity index (χ4v) is 5.09. The lowest BCUT2D eigenvalue weighted by molar-refractivity contribution is 0.147. The van der Waals surface area contributed by atoms with E-state index < -0.39 is 0 Å². The van der Waals surface area contributed by atoms with Gasteiger partial charge in [-0.05, 0) is 84.7 Å². The zero-order valence-corrected chi connectivity index (χ0v) is 20.0. The van der Waals surface area contributed by atoms with E-state index in [0.717, 1.165) is 47.1 Å². The lowest BCUT2D eigenvalue weighted by Crippen LogP contribution is -2.34. The van der Waals surface area contributed by atoms with E-state index >= 15 is 0 Å². The molecule has 178 valence electrons. The fraction of sp³-hybridized carbons (Fsp3) is 0.600. The van der Waals surface area contributed by atoms with Crippen molar-refractivity contribution in [3.05, 3.63) is 51.1 Å². The largest absolute Gasteiger partial charge is 0.396 e. The Morgan fingerprint density at radius 1 is 1.18 bits per heavy atom. The maximum atomic E-state index is 13.0. The lowest BCUT2D eigenvalue weighted by Gasteiger charge is -2.32. The Hall–Kier alpha value is -2.58. The second-order valence-corrected chi connectivity index (χ2v) is 9.39. The average Bonchev–Trinajstić information content (AvgIpc) is 3.29. The highest BCUT2D eigenvalue weighted by molar-refractivity contribution is 5.80. The van der Waals surface area contributed by atoms with E-state index in [9.17, 15) is 9.90 Å². The molecule has 0 bridgehead atoms. The molecule has 1 aliphatic carbocycles. The number of hydrogen-bond acceptors (Lipinski definition) is 6. The van der Waals surface area contributed by atoms with Gasteiger partial charge in [0.25, 0.3) is 5.56 Å². The number of nitrogens with zero attached hydrogens (tertiary/aromatic N) is 5. The van der Waals surface area contributed by atoms with Crippen molar-refractivity contribution >= 4 is 10.9 Å². The number of pyridine rings is 1. The molecular weight excluding hydrogens is 416 g/mol. The summed E-state index contributed by atoms with van der Waals surface area (Å²) in [4.78, 5) is 18.3. The Morgan fingerprint density at radius 2 is 1.94 bits per heavy atom. The van der Waals surface area contributed by atoms with E-state index in [1.807, 2.05) is 16.8 Å². The summed E-state index contributed by atoms with van der Waals surface area (Å²) in [6.45, 7) is 7.52. The number of aliphatic hydroxyl groups is 1. The summed E-state index contributed by atoms with van der Waals surface area (Å²) in [5, 5.41) is 23.4. The van der Waals surface area contributed by atoms with Gasteiger partial charge in [0.2, 0.25) is 0 Å². The van der Waals surface area contributed by atoms with Crippen LogP contribution in [0.25, 0.3) is 10.9 Å². The van der Waals surface area contributed by atoms with Crippen LogP contribution >= 0.6 is 0 Å². The summed E-state index contributed by atoms with van der Waals surface area (Å²) < 4.78 is 2.02. The minimum atomic E-state index is -0.0681. The zero-order chi connectivity index (χ0) is 23.4. The van der Waals surface area contributed by atoms with Crippen molar-refractivity contribution in [3.63, 3.8) is 0 Å².